The molecule has 0 aromatic heterocycles. The number of aliphatic hydroxyl groups is 1. The van der Waals surface area contributed by atoms with Gasteiger partial charge < -0.3 is 15.6 Å². The van der Waals surface area contributed by atoms with Crippen molar-refractivity contribution in [3.63, 3.8) is 0 Å². The average molecular weight is 199 g/mol. The summed E-state index contributed by atoms with van der Waals surface area (Å²) in [5.74, 6) is -1.30. The Balaban J connectivity index is 4.30. The molecule has 0 bridgehead atoms. The maximum atomic E-state index is 11.1. The van der Waals surface area contributed by atoms with Crippen LogP contribution >= 0.6 is 0 Å². The lowest BCUT2D eigenvalue weighted by atomic mass is 10.2. The normalized spacial score (nSPS) is 10.9. The van der Waals surface area contributed by atoms with Crippen molar-refractivity contribution in [3.8, 4) is 0 Å². The second-order valence-corrected chi connectivity index (χ2v) is 2.58. The molecule has 0 aromatic rings. The monoisotopic (exact) mass is 199 g/mol. The summed E-state index contributed by atoms with van der Waals surface area (Å²) < 4.78 is 4.58. The number of carbonyl (C=O) groups excluding carboxylic acids is 2. The van der Waals surface area contributed by atoms with E-state index in [2.05, 4.69) is 11.3 Å². The molecule has 0 saturated heterocycles. The van der Waals surface area contributed by atoms with Crippen LogP contribution in [-0.4, -0.2) is 30.2 Å². The number of rotatable bonds is 5. The van der Waals surface area contributed by atoms with Gasteiger partial charge >= 0.3 is 5.97 Å². The van der Waals surface area contributed by atoms with E-state index < -0.39 is 11.9 Å². The lowest BCUT2D eigenvalue weighted by Gasteiger charge is -2.02. The van der Waals surface area contributed by atoms with Crippen LogP contribution in [0.15, 0.2) is 23.8 Å². The second-order valence-electron chi connectivity index (χ2n) is 2.58. The summed E-state index contributed by atoms with van der Waals surface area (Å²) >= 11 is 0. The summed E-state index contributed by atoms with van der Waals surface area (Å²) in [5.41, 5.74) is 5.15. The van der Waals surface area contributed by atoms with Crippen LogP contribution in [0.2, 0.25) is 0 Å². The first-order valence-electron chi connectivity index (χ1n) is 3.94. The van der Waals surface area contributed by atoms with Crippen LogP contribution in [-0.2, 0) is 14.3 Å². The van der Waals surface area contributed by atoms with Gasteiger partial charge in [0, 0.05) is 11.1 Å². The van der Waals surface area contributed by atoms with E-state index in [9.17, 15) is 9.59 Å². The summed E-state index contributed by atoms with van der Waals surface area (Å²) in [4.78, 5) is 21.6. The zero-order valence-corrected chi connectivity index (χ0v) is 7.95. The number of amides is 1. The number of nitrogens with two attached hydrogens (primary N) is 1. The average Bonchev–Trinajstić information content (AvgIpc) is 2.13. The molecule has 14 heavy (non-hydrogen) atoms. The van der Waals surface area contributed by atoms with Crippen molar-refractivity contribution in [1.82, 2.24) is 0 Å². The lowest BCUT2D eigenvalue weighted by Crippen LogP contribution is -2.14. The van der Waals surface area contributed by atoms with E-state index in [1.54, 1.807) is 0 Å². The van der Waals surface area contributed by atoms with E-state index in [4.69, 9.17) is 10.8 Å². The Kier molecular flexibility index (Phi) is 5.24. The van der Waals surface area contributed by atoms with Crippen LogP contribution < -0.4 is 5.73 Å². The molecular weight excluding hydrogens is 186 g/mol. The maximum absolute atomic E-state index is 11.1. The smallest absolute Gasteiger partial charge is 0.333 e. The molecule has 78 valence electrons. The third kappa shape index (κ3) is 4.42. The van der Waals surface area contributed by atoms with Crippen LogP contribution in [0.25, 0.3) is 0 Å². The van der Waals surface area contributed by atoms with Gasteiger partial charge in [0.2, 0.25) is 5.91 Å². The topological polar surface area (TPSA) is 89.6 Å². The molecule has 3 N–H and O–H groups in total. The number of primary amides is 1. The predicted octanol–water partition coefficient (Wildman–Crippen LogP) is -0.490. The quantitative estimate of drug-likeness (QED) is 0.355. The van der Waals surface area contributed by atoms with Gasteiger partial charge in [0.25, 0.3) is 0 Å². The Morgan fingerprint density at radius 1 is 1.57 bits per heavy atom. The molecule has 5 heteroatoms. The van der Waals surface area contributed by atoms with Gasteiger partial charge in [-0.05, 0) is 13.0 Å². The highest BCUT2D eigenvalue weighted by molar-refractivity contribution is 5.97. The highest BCUT2D eigenvalue weighted by Crippen LogP contribution is 2.01. The first-order chi connectivity index (χ1) is 6.49. The number of carbonyl (C=O) groups is 2. The van der Waals surface area contributed by atoms with E-state index in [0.29, 0.717) is 0 Å². The van der Waals surface area contributed by atoms with E-state index in [1.807, 2.05) is 0 Å². The van der Waals surface area contributed by atoms with Crippen molar-refractivity contribution in [2.24, 2.45) is 5.73 Å². The van der Waals surface area contributed by atoms with Crippen molar-refractivity contribution in [1.29, 1.82) is 0 Å². The van der Waals surface area contributed by atoms with E-state index in [-0.39, 0.29) is 24.4 Å². The van der Waals surface area contributed by atoms with Crippen molar-refractivity contribution < 1.29 is 19.4 Å². The number of esters is 1. The first-order valence-corrected chi connectivity index (χ1v) is 3.94. The molecule has 0 aliphatic carbocycles. The molecule has 0 aliphatic heterocycles. The van der Waals surface area contributed by atoms with Crippen LogP contribution in [0, 0.1) is 0 Å². The van der Waals surface area contributed by atoms with E-state index in [0.717, 1.165) is 0 Å². The SMILES string of the molecule is C=C(/C=C(\C)C(=O)OCCO)C(N)=O. The van der Waals surface area contributed by atoms with Gasteiger partial charge in [-0.1, -0.05) is 6.58 Å². The van der Waals surface area contributed by atoms with Gasteiger partial charge in [-0.2, -0.15) is 0 Å². The standard InChI is InChI=1S/C9H13NO4/c1-6(8(10)12)5-7(2)9(13)14-4-3-11/h5,11H,1,3-4H2,2H3,(H2,10,12)/b7-5+. The minimum absolute atomic E-state index is 0.0310. The van der Waals surface area contributed by atoms with Crippen LogP contribution in [0.1, 0.15) is 6.92 Å². The molecule has 0 rings (SSSR count). The van der Waals surface area contributed by atoms with Crippen LogP contribution in [0.4, 0.5) is 0 Å². The van der Waals surface area contributed by atoms with Gasteiger partial charge in [-0.3, -0.25) is 4.79 Å². The third-order valence-electron chi connectivity index (χ3n) is 1.35. The first kappa shape index (κ1) is 12.4. The zero-order valence-electron chi connectivity index (χ0n) is 7.95. The van der Waals surface area contributed by atoms with Gasteiger partial charge in [0.15, 0.2) is 0 Å². The Bertz CT molecular complexity index is 281. The Labute approximate surface area is 81.9 Å². The fourth-order valence-electron chi connectivity index (χ4n) is 0.644. The summed E-state index contributed by atoms with van der Waals surface area (Å²) in [5, 5.41) is 8.38. The highest BCUT2D eigenvalue weighted by atomic mass is 16.5. The minimum Gasteiger partial charge on any atom is -0.460 e. The van der Waals surface area contributed by atoms with E-state index in [1.165, 1.54) is 13.0 Å². The molecule has 0 fully saturated rings. The molecule has 0 radical (unpaired) electrons. The number of ether oxygens (including phenoxy) is 1. The molecule has 5 nitrogen and oxygen atoms in total. The summed E-state index contributed by atoms with van der Waals surface area (Å²) in [7, 11) is 0. The molecule has 0 atom stereocenters. The summed E-state index contributed by atoms with van der Waals surface area (Å²) in [6, 6.07) is 0. The van der Waals surface area contributed by atoms with Crippen LogP contribution in [0.3, 0.4) is 0 Å². The molecule has 0 saturated carbocycles. The minimum atomic E-state index is -0.695. The summed E-state index contributed by atoms with van der Waals surface area (Å²) in [6.45, 7) is 4.50. The van der Waals surface area contributed by atoms with Gasteiger partial charge in [0.05, 0.1) is 6.61 Å². The lowest BCUT2D eigenvalue weighted by molar-refractivity contribution is -0.139. The molecule has 0 unspecified atom stereocenters. The van der Waals surface area contributed by atoms with Crippen molar-refractivity contribution >= 4 is 11.9 Å². The maximum Gasteiger partial charge on any atom is 0.333 e. The molecule has 1 amide bonds. The van der Waals surface area contributed by atoms with Gasteiger partial charge in [-0.15, -0.1) is 0 Å². The molecule has 0 heterocycles. The fraction of sp³-hybridized carbons (Fsp3) is 0.333. The second kappa shape index (κ2) is 5.93. The number of hydrogen-bond donors (Lipinski definition) is 2. The predicted molar refractivity (Wildman–Crippen MR) is 50.1 cm³/mol. The number of aliphatic hydroxyl groups excluding tert-OH is 1. The van der Waals surface area contributed by atoms with Gasteiger partial charge in [-0.25, -0.2) is 4.79 Å². The highest BCUT2D eigenvalue weighted by Gasteiger charge is 2.07. The molecule has 0 aliphatic rings. The Morgan fingerprint density at radius 3 is 2.57 bits per heavy atom. The van der Waals surface area contributed by atoms with Crippen molar-refractivity contribution in [2.45, 2.75) is 6.92 Å². The molecule has 0 aromatic carbocycles. The third-order valence-corrected chi connectivity index (χ3v) is 1.35. The van der Waals surface area contributed by atoms with Crippen molar-refractivity contribution in [2.75, 3.05) is 13.2 Å². The Morgan fingerprint density at radius 2 is 2.14 bits per heavy atom. The Hall–Kier alpha value is -1.62. The van der Waals surface area contributed by atoms with Crippen LogP contribution in [0.5, 0.6) is 0 Å². The molecular formula is C9H13NO4. The molecule has 0 spiro atoms. The largest absolute Gasteiger partial charge is 0.460 e. The number of hydrogen-bond acceptors (Lipinski definition) is 4. The summed E-state index contributed by atoms with van der Waals surface area (Å²) in [6.07, 6.45) is 1.24. The van der Waals surface area contributed by atoms with Crippen molar-refractivity contribution in [3.05, 3.63) is 23.8 Å². The van der Waals surface area contributed by atoms with Gasteiger partial charge in [0.1, 0.15) is 6.61 Å². The zero-order chi connectivity index (χ0) is 11.1. The van der Waals surface area contributed by atoms with E-state index >= 15 is 0 Å². The fourth-order valence-corrected chi connectivity index (χ4v) is 0.644.